The van der Waals surface area contributed by atoms with E-state index in [4.69, 9.17) is 17.0 Å². The van der Waals surface area contributed by atoms with Crippen LogP contribution in [0.2, 0.25) is 0 Å². The van der Waals surface area contributed by atoms with Gasteiger partial charge in [-0.05, 0) is 86.2 Å². The van der Waals surface area contributed by atoms with Gasteiger partial charge >= 0.3 is 0 Å². The van der Waals surface area contributed by atoms with E-state index in [9.17, 15) is 4.79 Å². The van der Waals surface area contributed by atoms with Gasteiger partial charge in [-0.3, -0.25) is 14.8 Å². The number of thiocarbonyl (C=S) groups is 1. The normalized spacial score (nSPS) is 17.1. The standard InChI is InChI=1S/C28H28N6O2S/c1-18-15-20(10-11-22(18)31-25(35)17-36-3)34-27(26(32-28(34)37)23-8-4-5-14-30-23)24-12-9-19(2)33(24)21-7-6-13-29-16-21/h4-16,26-27H,17H2,1-3H3,(H,31,35)(H,32,37)/t26-,27-/m1/s1. The number of hydrogen-bond donors (Lipinski definition) is 2. The molecule has 1 amide bonds. The summed E-state index contributed by atoms with van der Waals surface area (Å²) in [7, 11) is 1.50. The Hall–Kier alpha value is -4.08. The molecule has 5 rings (SSSR count). The van der Waals surface area contributed by atoms with Crippen LogP contribution in [0.15, 0.2) is 79.3 Å². The minimum Gasteiger partial charge on any atom is -0.375 e. The molecule has 1 saturated heterocycles. The SMILES string of the molecule is COCC(=O)Nc1ccc(N2C(=S)N[C@H](c3ccccn3)[C@H]2c2ccc(C)n2-c2cccnc2)cc1C. The molecule has 0 aliphatic carbocycles. The molecule has 9 heteroatoms. The first-order chi connectivity index (χ1) is 18.0. The van der Waals surface area contributed by atoms with Crippen LogP contribution in [0.4, 0.5) is 11.4 Å². The van der Waals surface area contributed by atoms with Crippen LogP contribution in [0.5, 0.6) is 0 Å². The zero-order valence-corrected chi connectivity index (χ0v) is 21.7. The van der Waals surface area contributed by atoms with Crippen LogP contribution in [0.3, 0.4) is 0 Å². The Morgan fingerprint density at radius 2 is 1.95 bits per heavy atom. The van der Waals surface area contributed by atoms with Crippen LogP contribution in [-0.2, 0) is 9.53 Å². The number of anilines is 2. The van der Waals surface area contributed by atoms with E-state index >= 15 is 0 Å². The maximum Gasteiger partial charge on any atom is 0.250 e. The molecule has 3 aromatic heterocycles. The van der Waals surface area contributed by atoms with Gasteiger partial charge in [-0.25, -0.2) is 0 Å². The molecule has 2 N–H and O–H groups in total. The van der Waals surface area contributed by atoms with Gasteiger partial charge in [0.2, 0.25) is 5.91 Å². The molecule has 1 aromatic carbocycles. The number of amides is 1. The van der Waals surface area contributed by atoms with E-state index in [2.05, 4.69) is 49.1 Å². The molecule has 8 nitrogen and oxygen atoms in total. The highest BCUT2D eigenvalue weighted by atomic mass is 32.1. The lowest BCUT2D eigenvalue weighted by Crippen LogP contribution is -2.30. The molecule has 188 valence electrons. The van der Waals surface area contributed by atoms with Crippen molar-refractivity contribution >= 4 is 34.6 Å². The van der Waals surface area contributed by atoms with Crippen molar-refractivity contribution in [2.45, 2.75) is 25.9 Å². The number of nitrogens with one attached hydrogen (secondary N) is 2. The van der Waals surface area contributed by atoms with Crippen LogP contribution in [-0.4, -0.2) is 39.3 Å². The van der Waals surface area contributed by atoms with Gasteiger partial charge in [0.25, 0.3) is 0 Å². The predicted molar refractivity (Wildman–Crippen MR) is 148 cm³/mol. The average Bonchev–Trinajstić information content (AvgIpc) is 3.45. The monoisotopic (exact) mass is 512 g/mol. The fraction of sp³-hybridized carbons (Fsp3) is 0.214. The number of hydrogen-bond acceptors (Lipinski definition) is 5. The van der Waals surface area contributed by atoms with Crippen molar-refractivity contribution in [3.05, 3.63) is 102 Å². The van der Waals surface area contributed by atoms with Gasteiger partial charge in [0, 0.05) is 42.3 Å². The third-order valence-electron chi connectivity index (χ3n) is 6.45. The van der Waals surface area contributed by atoms with E-state index in [1.165, 1.54) is 7.11 Å². The molecule has 1 aliphatic rings. The molecule has 0 saturated carbocycles. The van der Waals surface area contributed by atoms with Crippen molar-refractivity contribution in [3.63, 3.8) is 0 Å². The first-order valence-electron chi connectivity index (χ1n) is 12.0. The number of methoxy groups -OCH3 is 1. The van der Waals surface area contributed by atoms with Gasteiger partial charge in [-0.15, -0.1) is 0 Å². The summed E-state index contributed by atoms with van der Waals surface area (Å²) in [6.45, 7) is 4.05. The van der Waals surface area contributed by atoms with E-state index in [0.29, 0.717) is 5.11 Å². The van der Waals surface area contributed by atoms with Gasteiger partial charge in [0.15, 0.2) is 5.11 Å². The predicted octanol–water partition coefficient (Wildman–Crippen LogP) is 4.65. The number of rotatable bonds is 7. The molecule has 0 bridgehead atoms. The third kappa shape index (κ3) is 4.83. The van der Waals surface area contributed by atoms with Crippen molar-refractivity contribution < 1.29 is 9.53 Å². The first kappa shape index (κ1) is 24.6. The number of carbonyl (C=O) groups excluding carboxylic acids is 1. The lowest BCUT2D eigenvalue weighted by Gasteiger charge is -2.29. The maximum atomic E-state index is 12.1. The van der Waals surface area contributed by atoms with E-state index in [1.807, 2.05) is 61.7 Å². The highest BCUT2D eigenvalue weighted by Gasteiger charge is 2.42. The van der Waals surface area contributed by atoms with Crippen molar-refractivity contribution in [1.82, 2.24) is 19.9 Å². The number of aromatic nitrogens is 3. The highest BCUT2D eigenvalue weighted by molar-refractivity contribution is 7.80. The number of carbonyl (C=O) groups is 1. The van der Waals surface area contributed by atoms with Crippen molar-refractivity contribution in [2.75, 3.05) is 23.9 Å². The van der Waals surface area contributed by atoms with Gasteiger partial charge in [-0.1, -0.05) is 6.07 Å². The van der Waals surface area contributed by atoms with Crippen molar-refractivity contribution in [1.29, 1.82) is 0 Å². The minimum absolute atomic E-state index is 0.000163. The summed E-state index contributed by atoms with van der Waals surface area (Å²) >= 11 is 5.90. The fourth-order valence-corrected chi connectivity index (χ4v) is 5.16. The van der Waals surface area contributed by atoms with E-state index in [0.717, 1.165) is 39.7 Å². The van der Waals surface area contributed by atoms with Crippen molar-refractivity contribution in [3.8, 4) is 5.69 Å². The molecular formula is C28H28N6O2S. The lowest BCUT2D eigenvalue weighted by atomic mass is 10.0. The summed E-state index contributed by atoms with van der Waals surface area (Å²) in [6.07, 6.45) is 5.43. The Labute approximate surface area is 221 Å². The first-order valence-corrected chi connectivity index (χ1v) is 12.4. The summed E-state index contributed by atoms with van der Waals surface area (Å²) in [5, 5.41) is 7.02. The second kappa shape index (κ2) is 10.5. The van der Waals surface area contributed by atoms with Crippen LogP contribution in [0.1, 0.15) is 34.7 Å². The zero-order chi connectivity index (χ0) is 25.9. The Bertz CT molecular complexity index is 1420. The van der Waals surface area contributed by atoms with Crippen LogP contribution >= 0.6 is 12.2 Å². The number of nitrogens with zero attached hydrogens (tertiary/aromatic N) is 4. The fourth-order valence-electron chi connectivity index (χ4n) is 4.82. The summed E-state index contributed by atoms with van der Waals surface area (Å²) < 4.78 is 7.15. The van der Waals surface area contributed by atoms with E-state index < -0.39 is 0 Å². The Balaban J connectivity index is 1.61. The number of ether oxygens (including phenoxy) is 1. The molecule has 1 fully saturated rings. The Morgan fingerprint density at radius 3 is 2.65 bits per heavy atom. The third-order valence-corrected chi connectivity index (χ3v) is 6.76. The molecule has 0 radical (unpaired) electrons. The van der Waals surface area contributed by atoms with E-state index in [1.54, 1.807) is 12.4 Å². The zero-order valence-electron chi connectivity index (χ0n) is 20.9. The van der Waals surface area contributed by atoms with Gasteiger partial charge in [0.05, 0.1) is 23.6 Å². The van der Waals surface area contributed by atoms with Gasteiger partial charge < -0.3 is 24.8 Å². The largest absolute Gasteiger partial charge is 0.375 e. The smallest absolute Gasteiger partial charge is 0.250 e. The molecule has 1 aliphatic heterocycles. The quantitative estimate of drug-likeness (QED) is 0.349. The number of aryl methyl sites for hydroxylation is 2. The van der Waals surface area contributed by atoms with Crippen LogP contribution < -0.4 is 15.5 Å². The second-order valence-electron chi connectivity index (χ2n) is 8.92. The van der Waals surface area contributed by atoms with Crippen LogP contribution in [0, 0.1) is 13.8 Å². The number of pyridine rings is 2. The van der Waals surface area contributed by atoms with Crippen molar-refractivity contribution in [2.24, 2.45) is 0 Å². The van der Waals surface area contributed by atoms with Gasteiger partial charge in [0.1, 0.15) is 12.6 Å². The average molecular weight is 513 g/mol. The molecule has 4 aromatic rings. The maximum absolute atomic E-state index is 12.1. The highest BCUT2D eigenvalue weighted by Crippen LogP contribution is 2.43. The van der Waals surface area contributed by atoms with E-state index in [-0.39, 0.29) is 24.6 Å². The van der Waals surface area contributed by atoms with Gasteiger partial charge in [-0.2, -0.15) is 0 Å². The molecule has 0 spiro atoms. The summed E-state index contributed by atoms with van der Waals surface area (Å²) in [6, 6.07) is 19.7. The summed E-state index contributed by atoms with van der Waals surface area (Å²) in [5.41, 5.74) is 6.59. The molecule has 37 heavy (non-hydrogen) atoms. The Morgan fingerprint density at radius 1 is 1.08 bits per heavy atom. The minimum atomic E-state index is -0.199. The molecule has 4 heterocycles. The second-order valence-corrected chi connectivity index (χ2v) is 9.31. The lowest BCUT2D eigenvalue weighted by molar-refractivity contribution is -0.119. The molecule has 2 atom stereocenters. The molecular weight excluding hydrogens is 484 g/mol. The summed E-state index contributed by atoms with van der Waals surface area (Å²) in [4.78, 5) is 23.2. The summed E-state index contributed by atoms with van der Waals surface area (Å²) in [5.74, 6) is -0.199. The Kier molecular flexibility index (Phi) is 6.98. The topological polar surface area (TPSA) is 84.3 Å². The number of benzene rings is 1. The van der Waals surface area contributed by atoms with Crippen LogP contribution in [0.25, 0.3) is 5.69 Å². The molecule has 0 unspecified atom stereocenters.